The van der Waals surface area contributed by atoms with Crippen LogP contribution in [0.1, 0.15) is 24.0 Å². The molecular formula is C19H25N3O2. The van der Waals surface area contributed by atoms with E-state index in [4.69, 9.17) is 4.74 Å². The van der Waals surface area contributed by atoms with Crippen molar-refractivity contribution in [1.82, 2.24) is 10.6 Å². The van der Waals surface area contributed by atoms with E-state index in [0.29, 0.717) is 24.2 Å². The van der Waals surface area contributed by atoms with Crippen molar-refractivity contribution in [2.75, 3.05) is 20.7 Å². The van der Waals surface area contributed by atoms with Gasteiger partial charge in [-0.15, -0.1) is 0 Å². The van der Waals surface area contributed by atoms with E-state index in [2.05, 4.69) is 34.7 Å². The first kappa shape index (κ1) is 17.7. The Morgan fingerprint density at radius 3 is 2.58 bits per heavy atom. The third-order valence-corrected chi connectivity index (χ3v) is 3.90. The van der Waals surface area contributed by atoms with Crippen LogP contribution < -0.4 is 15.4 Å². The predicted octanol–water partition coefficient (Wildman–Crippen LogP) is 2.87. The number of benzene rings is 2. The molecule has 0 aliphatic rings. The van der Waals surface area contributed by atoms with Crippen molar-refractivity contribution in [3.63, 3.8) is 0 Å². The molecule has 128 valence electrons. The Morgan fingerprint density at radius 1 is 1.17 bits per heavy atom. The fourth-order valence-electron chi connectivity index (χ4n) is 2.38. The molecule has 1 atom stereocenters. The van der Waals surface area contributed by atoms with Gasteiger partial charge in [-0.05, 0) is 29.7 Å². The summed E-state index contributed by atoms with van der Waals surface area (Å²) in [7, 11) is 3.34. The quantitative estimate of drug-likeness (QED) is 0.564. The number of phenolic OH excluding ortho intramolecular Hbond substituents is 1. The fraction of sp³-hybridized carbons (Fsp3) is 0.316. The lowest BCUT2D eigenvalue weighted by molar-refractivity contribution is 0.410. The highest BCUT2D eigenvalue weighted by molar-refractivity contribution is 5.79. The molecule has 0 radical (unpaired) electrons. The van der Waals surface area contributed by atoms with Crippen molar-refractivity contribution in [2.45, 2.75) is 19.4 Å². The van der Waals surface area contributed by atoms with Crippen LogP contribution in [0.2, 0.25) is 0 Å². The Morgan fingerprint density at radius 2 is 1.92 bits per heavy atom. The van der Waals surface area contributed by atoms with E-state index >= 15 is 0 Å². The lowest BCUT2D eigenvalue weighted by atomic mass is 10.0. The van der Waals surface area contributed by atoms with Crippen molar-refractivity contribution in [3.8, 4) is 11.5 Å². The fourth-order valence-corrected chi connectivity index (χ4v) is 2.38. The highest BCUT2D eigenvalue weighted by Gasteiger charge is 2.08. The van der Waals surface area contributed by atoms with E-state index in [9.17, 15) is 5.11 Å². The minimum Gasteiger partial charge on any atom is -0.508 e. The van der Waals surface area contributed by atoms with E-state index < -0.39 is 0 Å². The number of phenols is 1. The van der Waals surface area contributed by atoms with Gasteiger partial charge in [-0.25, -0.2) is 0 Å². The number of nitrogens with zero attached hydrogens (tertiary/aromatic N) is 1. The molecule has 2 aromatic rings. The summed E-state index contributed by atoms with van der Waals surface area (Å²) in [6.45, 7) is 3.40. The average molecular weight is 327 g/mol. The topological polar surface area (TPSA) is 65.9 Å². The summed E-state index contributed by atoms with van der Waals surface area (Å²) in [5.41, 5.74) is 2.04. The summed E-state index contributed by atoms with van der Waals surface area (Å²) < 4.78 is 5.19. The van der Waals surface area contributed by atoms with Crippen LogP contribution in [0.4, 0.5) is 0 Å². The van der Waals surface area contributed by atoms with Crippen LogP contribution in [0.5, 0.6) is 11.5 Å². The molecule has 0 saturated carbocycles. The Bertz CT molecular complexity index is 672. The Labute approximate surface area is 143 Å². The van der Waals surface area contributed by atoms with E-state index in [1.165, 1.54) is 5.56 Å². The maximum Gasteiger partial charge on any atom is 0.191 e. The monoisotopic (exact) mass is 327 g/mol. The van der Waals surface area contributed by atoms with Gasteiger partial charge in [0.25, 0.3) is 0 Å². The van der Waals surface area contributed by atoms with Gasteiger partial charge >= 0.3 is 0 Å². The number of ether oxygens (including phenoxy) is 1. The number of aliphatic imine (C=N–C) groups is 1. The van der Waals surface area contributed by atoms with Gasteiger partial charge in [-0.3, -0.25) is 4.99 Å². The number of hydrogen-bond acceptors (Lipinski definition) is 3. The molecule has 1 unspecified atom stereocenters. The molecule has 3 N–H and O–H groups in total. The second kappa shape index (κ2) is 8.82. The summed E-state index contributed by atoms with van der Waals surface area (Å²) in [6, 6.07) is 15.5. The van der Waals surface area contributed by atoms with Crippen LogP contribution >= 0.6 is 0 Å². The first-order valence-electron chi connectivity index (χ1n) is 7.99. The summed E-state index contributed by atoms with van der Waals surface area (Å²) in [4.78, 5) is 4.22. The lowest BCUT2D eigenvalue weighted by Gasteiger charge is -2.17. The van der Waals surface area contributed by atoms with Crippen molar-refractivity contribution in [2.24, 2.45) is 4.99 Å². The second-order valence-corrected chi connectivity index (χ2v) is 5.61. The third kappa shape index (κ3) is 4.91. The zero-order valence-electron chi connectivity index (χ0n) is 14.4. The van der Waals surface area contributed by atoms with Crippen LogP contribution in [0.15, 0.2) is 53.5 Å². The molecule has 5 heteroatoms. The average Bonchev–Trinajstić information content (AvgIpc) is 2.63. The number of nitrogens with one attached hydrogen (secondary N) is 2. The zero-order valence-corrected chi connectivity index (χ0v) is 14.4. The second-order valence-electron chi connectivity index (χ2n) is 5.61. The highest BCUT2D eigenvalue weighted by Crippen LogP contribution is 2.22. The number of hydrogen-bond donors (Lipinski definition) is 3. The minimum absolute atomic E-state index is 0.233. The van der Waals surface area contributed by atoms with Crippen LogP contribution in [0.25, 0.3) is 0 Å². The molecule has 0 fully saturated rings. The molecule has 0 heterocycles. The largest absolute Gasteiger partial charge is 0.508 e. The number of rotatable bonds is 6. The van der Waals surface area contributed by atoms with E-state index in [1.54, 1.807) is 26.3 Å². The summed E-state index contributed by atoms with van der Waals surface area (Å²) in [6.07, 6.45) is 0. The van der Waals surface area contributed by atoms with E-state index in [1.807, 2.05) is 24.3 Å². The SMILES string of the molecule is CN=C(NCc1cc(OC)ccc1O)NCC(C)c1ccccc1. The molecule has 0 aliphatic carbocycles. The molecule has 0 spiro atoms. The van der Waals surface area contributed by atoms with Crippen molar-refractivity contribution in [1.29, 1.82) is 0 Å². The summed E-state index contributed by atoms with van der Waals surface area (Å²) >= 11 is 0. The Hall–Kier alpha value is -2.69. The predicted molar refractivity (Wildman–Crippen MR) is 97.7 cm³/mol. The Kier molecular flexibility index (Phi) is 6.49. The standard InChI is InChI=1S/C19H25N3O2/c1-14(15-7-5-4-6-8-15)12-21-19(20-2)22-13-16-11-17(24-3)9-10-18(16)23/h4-11,14,23H,12-13H2,1-3H3,(H2,20,21,22). The van der Waals surface area contributed by atoms with Gasteiger partial charge in [0.15, 0.2) is 5.96 Å². The van der Waals surface area contributed by atoms with Crippen molar-refractivity contribution < 1.29 is 9.84 Å². The Balaban J connectivity index is 1.89. The first-order chi connectivity index (χ1) is 11.6. The molecule has 0 amide bonds. The molecule has 0 aliphatic heterocycles. The van der Waals surface area contributed by atoms with E-state index in [0.717, 1.165) is 12.1 Å². The molecular weight excluding hydrogens is 302 g/mol. The van der Waals surface area contributed by atoms with Crippen LogP contribution in [0.3, 0.4) is 0 Å². The number of methoxy groups -OCH3 is 1. The van der Waals surface area contributed by atoms with Gasteiger partial charge in [0.2, 0.25) is 0 Å². The van der Waals surface area contributed by atoms with Gasteiger partial charge in [-0.2, -0.15) is 0 Å². The number of guanidine groups is 1. The highest BCUT2D eigenvalue weighted by atomic mass is 16.5. The molecule has 24 heavy (non-hydrogen) atoms. The van der Waals surface area contributed by atoms with Crippen LogP contribution in [-0.2, 0) is 6.54 Å². The van der Waals surface area contributed by atoms with Gasteiger partial charge in [-0.1, -0.05) is 37.3 Å². The van der Waals surface area contributed by atoms with Gasteiger partial charge in [0.05, 0.1) is 7.11 Å². The number of aromatic hydroxyl groups is 1. The van der Waals surface area contributed by atoms with Crippen LogP contribution in [0, 0.1) is 0 Å². The summed E-state index contributed by atoms with van der Waals surface area (Å²) in [5.74, 6) is 2.01. The van der Waals surface area contributed by atoms with Crippen LogP contribution in [-0.4, -0.2) is 31.8 Å². The molecule has 0 aromatic heterocycles. The van der Waals surface area contributed by atoms with Crippen molar-refractivity contribution in [3.05, 3.63) is 59.7 Å². The molecule has 0 bridgehead atoms. The molecule has 0 saturated heterocycles. The maximum atomic E-state index is 9.93. The normalized spacial score (nSPS) is 12.5. The van der Waals surface area contributed by atoms with Gasteiger partial charge < -0.3 is 20.5 Å². The smallest absolute Gasteiger partial charge is 0.191 e. The molecule has 5 nitrogen and oxygen atoms in total. The molecule has 2 rings (SSSR count). The van der Waals surface area contributed by atoms with E-state index in [-0.39, 0.29) is 5.75 Å². The minimum atomic E-state index is 0.233. The van der Waals surface area contributed by atoms with Gasteiger partial charge in [0.1, 0.15) is 11.5 Å². The van der Waals surface area contributed by atoms with Crippen molar-refractivity contribution >= 4 is 5.96 Å². The maximum absolute atomic E-state index is 9.93. The van der Waals surface area contributed by atoms with Gasteiger partial charge in [0, 0.05) is 25.7 Å². The third-order valence-electron chi connectivity index (χ3n) is 3.90. The summed E-state index contributed by atoms with van der Waals surface area (Å²) in [5, 5.41) is 16.4. The zero-order chi connectivity index (χ0) is 17.4. The molecule has 2 aromatic carbocycles. The first-order valence-corrected chi connectivity index (χ1v) is 7.99. The lowest BCUT2D eigenvalue weighted by Crippen LogP contribution is -2.38.